The summed E-state index contributed by atoms with van der Waals surface area (Å²) in [6, 6.07) is 5.11. The molecule has 184 valence electrons. The summed E-state index contributed by atoms with van der Waals surface area (Å²) in [7, 11) is 0. The van der Waals surface area contributed by atoms with Gasteiger partial charge in [0, 0.05) is 35.4 Å². The number of nitrogens with zero attached hydrogens (tertiary/aromatic N) is 5. The van der Waals surface area contributed by atoms with E-state index in [0.717, 1.165) is 31.0 Å². The highest BCUT2D eigenvalue weighted by molar-refractivity contribution is 6.31. The minimum Gasteiger partial charge on any atom is -0.342 e. The molecule has 1 aliphatic rings. The van der Waals surface area contributed by atoms with Crippen molar-refractivity contribution in [1.29, 1.82) is 0 Å². The van der Waals surface area contributed by atoms with Gasteiger partial charge in [-0.1, -0.05) is 11.6 Å². The number of carbonyl (C=O) groups excluding carboxylic acids is 2. The average molecular weight is 507 g/mol. The molecule has 1 saturated heterocycles. The summed E-state index contributed by atoms with van der Waals surface area (Å²) in [5, 5.41) is 6.76. The van der Waals surface area contributed by atoms with Crippen LogP contribution in [0.2, 0.25) is 5.02 Å². The predicted octanol–water partition coefficient (Wildman–Crippen LogP) is 4.37. The van der Waals surface area contributed by atoms with E-state index in [1.807, 2.05) is 0 Å². The Hall–Kier alpha value is -3.47. The number of hydrogen-bond donors (Lipinski definition) is 1. The second kappa shape index (κ2) is 9.65. The molecule has 0 aliphatic carbocycles. The molecule has 1 aliphatic heterocycles. The molecule has 2 amide bonds. The number of likely N-dealkylation sites (tertiary alicyclic amines) is 1. The van der Waals surface area contributed by atoms with E-state index in [2.05, 4.69) is 20.4 Å². The van der Waals surface area contributed by atoms with Crippen molar-refractivity contribution in [3.63, 3.8) is 0 Å². The molecule has 4 rings (SSSR count). The highest BCUT2D eigenvalue weighted by Gasteiger charge is 2.32. The number of aromatic nitrogens is 4. The topological polar surface area (TPSA) is 93.0 Å². The van der Waals surface area contributed by atoms with Crippen LogP contribution in [0.3, 0.4) is 0 Å². The zero-order chi connectivity index (χ0) is 25.3. The number of pyridine rings is 1. The van der Waals surface area contributed by atoms with Crippen molar-refractivity contribution in [2.45, 2.75) is 38.9 Å². The third-order valence-corrected chi connectivity index (χ3v) is 5.78. The number of halogens is 4. The minimum atomic E-state index is -4.65. The lowest BCUT2D eigenvalue weighted by Crippen LogP contribution is -2.29. The first-order valence-corrected chi connectivity index (χ1v) is 11.3. The van der Waals surface area contributed by atoms with Crippen LogP contribution < -0.4 is 5.32 Å². The van der Waals surface area contributed by atoms with Crippen molar-refractivity contribution in [1.82, 2.24) is 30.0 Å². The van der Waals surface area contributed by atoms with Gasteiger partial charge in [-0.05, 0) is 57.0 Å². The highest BCUT2D eigenvalue weighted by Crippen LogP contribution is 2.32. The Morgan fingerprint density at radius 2 is 1.83 bits per heavy atom. The molecule has 0 spiro atoms. The van der Waals surface area contributed by atoms with Crippen LogP contribution in [0.15, 0.2) is 36.5 Å². The number of rotatable bonds is 5. The van der Waals surface area contributed by atoms with Crippen molar-refractivity contribution in [2.24, 2.45) is 0 Å². The lowest BCUT2D eigenvalue weighted by molar-refractivity contribution is -0.137. The summed E-state index contributed by atoms with van der Waals surface area (Å²) in [5.41, 5.74) is -0.812. The van der Waals surface area contributed by atoms with Gasteiger partial charge in [-0.25, -0.2) is 9.97 Å². The van der Waals surface area contributed by atoms with E-state index in [9.17, 15) is 22.8 Å². The van der Waals surface area contributed by atoms with Crippen molar-refractivity contribution in [3.05, 3.63) is 69.9 Å². The monoisotopic (exact) mass is 506 g/mol. The molecule has 35 heavy (non-hydrogen) atoms. The summed E-state index contributed by atoms with van der Waals surface area (Å²) in [6.45, 7) is 4.67. The molecule has 1 aromatic carbocycles. The van der Waals surface area contributed by atoms with Crippen LogP contribution in [0.5, 0.6) is 0 Å². The first-order valence-electron chi connectivity index (χ1n) is 10.9. The van der Waals surface area contributed by atoms with E-state index in [0.29, 0.717) is 36.1 Å². The molecule has 12 heteroatoms. The van der Waals surface area contributed by atoms with Gasteiger partial charge < -0.3 is 10.2 Å². The number of hydrogen-bond acceptors (Lipinski definition) is 5. The maximum absolute atomic E-state index is 13.1. The van der Waals surface area contributed by atoms with E-state index in [-0.39, 0.29) is 16.5 Å². The minimum absolute atomic E-state index is 0.104. The van der Waals surface area contributed by atoms with Crippen molar-refractivity contribution in [3.8, 4) is 5.82 Å². The molecule has 1 fully saturated rings. The average Bonchev–Trinajstić information content (AvgIpc) is 3.48. The number of aryl methyl sites for hydroxylation is 1. The first-order chi connectivity index (χ1) is 16.5. The third-order valence-electron chi connectivity index (χ3n) is 5.56. The molecule has 0 saturated carbocycles. The lowest BCUT2D eigenvalue weighted by Gasteiger charge is -2.17. The molecule has 0 radical (unpaired) electrons. The van der Waals surface area contributed by atoms with Gasteiger partial charge in [0.05, 0.1) is 11.6 Å². The van der Waals surface area contributed by atoms with Crippen LogP contribution in [0.4, 0.5) is 13.2 Å². The molecule has 3 aromatic rings. The van der Waals surface area contributed by atoms with Gasteiger partial charge in [-0.2, -0.15) is 17.9 Å². The molecular weight excluding hydrogens is 485 g/mol. The van der Waals surface area contributed by atoms with E-state index >= 15 is 0 Å². The van der Waals surface area contributed by atoms with Crippen LogP contribution in [0, 0.1) is 6.92 Å². The molecule has 8 nitrogen and oxygen atoms in total. The fourth-order valence-corrected chi connectivity index (χ4v) is 4.11. The maximum Gasteiger partial charge on any atom is 0.416 e. The maximum atomic E-state index is 13.1. The third kappa shape index (κ3) is 5.45. The van der Waals surface area contributed by atoms with E-state index < -0.39 is 23.7 Å². The molecule has 1 N–H and O–H groups in total. The molecule has 0 unspecified atom stereocenters. The van der Waals surface area contributed by atoms with Crippen molar-refractivity contribution in [2.75, 3.05) is 13.1 Å². The first kappa shape index (κ1) is 24.6. The molecule has 3 heterocycles. The SMILES string of the molecule is Cc1nc([C@H](C)NC(=O)c2cc(Cl)cc(C(F)(F)F)c2)n(-c2cc(C(=O)N3CCCC3)ccn2)n1. The van der Waals surface area contributed by atoms with Crippen molar-refractivity contribution < 1.29 is 22.8 Å². The van der Waals surface area contributed by atoms with Gasteiger partial charge in [0.1, 0.15) is 5.82 Å². The Kier molecular flexibility index (Phi) is 6.79. The van der Waals surface area contributed by atoms with Crippen molar-refractivity contribution >= 4 is 23.4 Å². The largest absolute Gasteiger partial charge is 0.416 e. The van der Waals surface area contributed by atoms with Gasteiger partial charge in [0.15, 0.2) is 11.6 Å². The quantitative estimate of drug-likeness (QED) is 0.554. The number of benzene rings is 1. The zero-order valence-electron chi connectivity index (χ0n) is 18.9. The lowest BCUT2D eigenvalue weighted by atomic mass is 10.1. The van der Waals surface area contributed by atoms with E-state index in [1.165, 1.54) is 10.9 Å². The summed E-state index contributed by atoms with van der Waals surface area (Å²) in [4.78, 5) is 36.0. The number of amides is 2. The summed E-state index contributed by atoms with van der Waals surface area (Å²) in [6.07, 6.45) is -1.23. The Labute approximate surface area is 204 Å². The van der Waals surface area contributed by atoms with Crippen LogP contribution in [-0.2, 0) is 6.18 Å². The Morgan fingerprint density at radius 3 is 2.51 bits per heavy atom. The second-order valence-electron chi connectivity index (χ2n) is 8.25. The van der Waals surface area contributed by atoms with Crippen LogP contribution in [0.1, 0.15) is 63.7 Å². The second-order valence-corrected chi connectivity index (χ2v) is 8.69. The standard InChI is InChI=1S/C23H22ClF3N6O2/c1-13(29-21(34)16-9-17(23(25,26)27)12-18(24)10-16)20-30-14(2)31-33(20)19-11-15(5-6-28-19)22(35)32-7-3-4-8-32/h5-6,9-13H,3-4,7-8H2,1-2H3,(H,29,34)/t13-/m0/s1. The van der Waals surface area contributed by atoms with Crippen LogP contribution in [0.25, 0.3) is 5.82 Å². The van der Waals surface area contributed by atoms with Gasteiger partial charge in [-0.15, -0.1) is 5.10 Å². The Bertz CT molecular complexity index is 1270. The fraction of sp³-hybridized carbons (Fsp3) is 0.348. The van der Waals surface area contributed by atoms with Gasteiger partial charge in [-0.3, -0.25) is 9.59 Å². The Morgan fingerprint density at radius 1 is 1.11 bits per heavy atom. The van der Waals surface area contributed by atoms with Crippen LogP contribution >= 0.6 is 11.6 Å². The fourth-order valence-electron chi connectivity index (χ4n) is 3.88. The summed E-state index contributed by atoms with van der Waals surface area (Å²) < 4.78 is 40.8. The zero-order valence-corrected chi connectivity index (χ0v) is 19.7. The van der Waals surface area contributed by atoms with Gasteiger partial charge in [0.2, 0.25) is 0 Å². The molecule has 2 aromatic heterocycles. The van der Waals surface area contributed by atoms with Crippen LogP contribution in [-0.4, -0.2) is 49.6 Å². The number of alkyl halides is 3. The molecule has 1 atom stereocenters. The highest BCUT2D eigenvalue weighted by atomic mass is 35.5. The number of nitrogens with one attached hydrogen (secondary N) is 1. The Balaban J connectivity index is 1.59. The summed E-state index contributed by atoms with van der Waals surface area (Å²) >= 11 is 5.80. The molecular formula is C23H22ClF3N6O2. The normalized spacial score (nSPS) is 14.7. The summed E-state index contributed by atoms with van der Waals surface area (Å²) in [5.74, 6) is 0.151. The smallest absolute Gasteiger partial charge is 0.342 e. The van der Waals surface area contributed by atoms with Gasteiger partial charge >= 0.3 is 6.18 Å². The number of carbonyl (C=O) groups is 2. The van der Waals surface area contributed by atoms with E-state index in [4.69, 9.17) is 11.6 Å². The predicted molar refractivity (Wildman–Crippen MR) is 121 cm³/mol. The van der Waals surface area contributed by atoms with Gasteiger partial charge in [0.25, 0.3) is 11.8 Å². The molecule has 0 bridgehead atoms. The van der Waals surface area contributed by atoms with E-state index in [1.54, 1.807) is 30.9 Å².